The zero-order valence-corrected chi connectivity index (χ0v) is 11.8. The molecule has 0 aliphatic carbocycles. The van der Waals surface area contributed by atoms with Gasteiger partial charge < -0.3 is 15.5 Å². The third-order valence-corrected chi connectivity index (χ3v) is 3.59. The largest absolute Gasteiger partial charge is 0.359 e. The van der Waals surface area contributed by atoms with Crippen LogP contribution in [0.2, 0.25) is 0 Å². The van der Waals surface area contributed by atoms with E-state index in [-0.39, 0.29) is 11.9 Å². The van der Waals surface area contributed by atoms with Gasteiger partial charge in [-0.3, -0.25) is 4.79 Å². The van der Waals surface area contributed by atoms with Gasteiger partial charge in [-0.05, 0) is 45.5 Å². The number of carbonyl (C=O) groups is 1. The SMILES string of the molecule is CNCCC1C(=O)NCCCN1c1ccc(C)cc1. The second-order valence-corrected chi connectivity index (χ2v) is 5.08. The Morgan fingerprint density at radius 2 is 2.11 bits per heavy atom. The topological polar surface area (TPSA) is 44.4 Å². The number of rotatable bonds is 4. The third-order valence-electron chi connectivity index (χ3n) is 3.59. The molecule has 2 N–H and O–H groups in total. The van der Waals surface area contributed by atoms with Crippen LogP contribution in [0.1, 0.15) is 18.4 Å². The lowest BCUT2D eigenvalue weighted by molar-refractivity contribution is -0.122. The summed E-state index contributed by atoms with van der Waals surface area (Å²) in [6.45, 7) is 4.63. The van der Waals surface area contributed by atoms with Crippen LogP contribution in [0, 0.1) is 6.92 Å². The van der Waals surface area contributed by atoms with E-state index in [1.165, 1.54) is 5.56 Å². The molecule has 1 heterocycles. The van der Waals surface area contributed by atoms with E-state index in [1.54, 1.807) is 0 Å². The van der Waals surface area contributed by atoms with Gasteiger partial charge in [0, 0.05) is 18.8 Å². The van der Waals surface area contributed by atoms with Crippen LogP contribution in [0.3, 0.4) is 0 Å². The lowest BCUT2D eigenvalue weighted by atomic mass is 10.1. The van der Waals surface area contributed by atoms with Crippen molar-refractivity contribution in [1.82, 2.24) is 10.6 Å². The minimum absolute atomic E-state index is 0.0716. The lowest BCUT2D eigenvalue weighted by Crippen LogP contribution is -2.45. The van der Waals surface area contributed by atoms with E-state index in [9.17, 15) is 4.79 Å². The molecule has 1 fully saturated rings. The van der Waals surface area contributed by atoms with Gasteiger partial charge in [0.2, 0.25) is 5.91 Å². The number of nitrogens with one attached hydrogen (secondary N) is 2. The average Bonchev–Trinajstić information content (AvgIpc) is 2.59. The molecule has 0 aromatic heterocycles. The van der Waals surface area contributed by atoms with Crippen molar-refractivity contribution >= 4 is 11.6 Å². The standard InChI is InChI=1S/C15H23N3O/c1-12-4-6-13(7-5-12)18-11-3-9-17-15(19)14(18)8-10-16-2/h4-7,14,16H,3,8-11H2,1-2H3,(H,17,19). The average molecular weight is 261 g/mol. The van der Waals surface area contributed by atoms with Crippen LogP contribution < -0.4 is 15.5 Å². The van der Waals surface area contributed by atoms with Crippen LogP contribution in [0.4, 0.5) is 5.69 Å². The molecule has 0 bridgehead atoms. The number of benzene rings is 1. The van der Waals surface area contributed by atoms with Crippen molar-refractivity contribution in [3.8, 4) is 0 Å². The van der Waals surface area contributed by atoms with Gasteiger partial charge in [0.25, 0.3) is 0 Å². The van der Waals surface area contributed by atoms with Crippen molar-refractivity contribution < 1.29 is 4.79 Å². The summed E-state index contributed by atoms with van der Waals surface area (Å²) in [5.41, 5.74) is 2.39. The summed E-state index contributed by atoms with van der Waals surface area (Å²) in [6.07, 6.45) is 1.83. The molecule has 1 aliphatic rings. The molecule has 1 atom stereocenters. The summed E-state index contributed by atoms with van der Waals surface area (Å²) in [4.78, 5) is 14.4. The summed E-state index contributed by atoms with van der Waals surface area (Å²) in [5.74, 6) is 0.147. The molecule has 2 rings (SSSR count). The molecule has 0 spiro atoms. The summed E-state index contributed by atoms with van der Waals surface area (Å²) in [5, 5.41) is 6.14. The number of hydrogen-bond donors (Lipinski definition) is 2. The Bertz CT molecular complexity index is 416. The lowest BCUT2D eigenvalue weighted by Gasteiger charge is -2.30. The van der Waals surface area contributed by atoms with Crippen LogP contribution in [0.15, 0.2) is 24.3 Å². The van der Waals surface area contributed by atoms with Crippen molar-refractivity contribution in [3.63, 3.8) is 0 Å². The Balaban J connectivity index is 2.21. The van der Waals surface area contributed by atoms with Crippen molar-refractivity contribution in [2.24, 2.45) is 0 Å². The van der Waals surface area contributed by atoms with Gasteiger partial charge in [0.15, 0.2) is 0 Å². The molecule has 0 saturated carbocycles. The second-order valence-electron chi connectivity index (χ2n) is 5.08. The normalized spacial score (nSPS) is 20.0. The summed E-state index contributed by atoms with van der Waals surface area (Å²) in [7, 11) is 1.92. The van der Waals surface area contributed by atoms with Crippen molar-refractivity contribution in [3.05, 3.63) is 29.8 Å². The van der Waals surface area contributed by atoms with E-state index >= 15 is 0 Å². The minimum Gasteiger partial charge on any atom is -0.359 e. The summed E-state index contributed by atoms with van der Waals surface area (Å²) >= 11 is 0. The van der Waals surface area contributed by atoms with E-state index in [1.807, 2.05) is 7.05 Å². The van der Waals surface area contributed by atoms with Gasteiger partial charge >= 0.3 is 0 Å². The molecule has 1 aliphatic heterocycles. The van der Waals surface area contributed by atoms with Crippen LogP contribution in [0.25, 0.3) is 0 Å². The van der Waals surface area contributed by atoms with Gasteiger partial charge in [0.05, 0.1) is 0 Å². The van der Waals surface area contributed by atoms with E-state index in [2.05, 4.69) is 46.7 Å². The molecule has 1 amide bonds. The number of anilines is 1. The predicted octanol–water partition coefficient (Wildman–Crippen LogP) is 1.30. The van der Waals surface area contributed by atoms with Gasteiger partial charge in [-0.1, -0.05) is 17.7 Å². The molecule has 0 radical (unpaired) electrons. The highest BCUT2D eigenvalue weighted by Crippen LogP contribution is 2.21. The van der Waals surface area contributed by atoms with Crippen LogP contribution in [-0.2, 0) is 4.79 Å². The predicted molar refractivity (Wildman–Crippen MR) is 78.5 cm³/mol. The smallest absolute Gasteiger partial charge is 0.242 e. The summed E-state index contributed by atoms with van der Waals surface area (Å²) < 4.78 is 0. The Hall–Kier alpha value is -1.55. The third kappa shape index (κ3) is 3.47. The first kappa shape index (κ1) is 13.9. The van der Waals surface area contributed by atoms with Crippen molar-refractivity contribution in [2.75, 3.05) is 31.6 Å². The second kappa shape index (κ2) is 6.57. The fourth-order valence-electron chi connectivity index (χ4n) is 2.49. The number of hydrogen-bond acceptors (Lipinski definition) is 3. The fourth-order valence-corrected chi connectivity index (χ4v) is 2.49. The zero-order chi connectivity index (χ0) is 13.7. The van der Waals surface area contributed by atoms with Crippen LogP contribution in [-0.4, -0.2) is 38.6 Å². The Morgan fingerprint density at radius 1 is 1.37 bits per heavy atom. The number of carbonyl (C=O) groups excluding carboxylic acids is 1. The highest BCUT2D eigenvalue weighted by atomic mass is 16.2. The van der Waals surface area contributed by atoms with Gasteiger partial charge in [-0.2, -0.15) is 0 Å². The quantitative estimate of drug-likeness (QED) is 0.858. The van der Waals surface area contributed by atoms with Crippen molar-refractivity contribution in [2.45, 2.75) is 25.8 Å². The molecule has 1 saturated heterocycles. The molecule has 1 unspecified atom stereocenters. The maximum absolute atomic E-state index is 12.2. The molecule has 1 aromatic rings. The Labute approximate surface area is 115 Å². The first-order valence-electron chi connectivity index (χ1n) is 6.98. The highest BCUT2D eigenvalue weighted by Gasteiger charge is 2.27. The first-order chi connectivity index (χ1) is 9.22. The maximum Gasteiger partial charge on any atom is 0.242 e. The molecular formula is C15H23N3O. The number of amides is 1. The van der Waals surface area contributed by atoms with E-state index in [0.29, 0.717) is 0 Å². The van der Waals surface area contributed by atoms with Crippen LogP contribution >= 0.6 is 0 Å². The van der Waals surface area contributed by atoms with Gasteiger partial charge in [-0.15, -0.1) is 0 Å². The first-order valence-corrected chi connectivity index (χ1v) is 6.98. The molecule has 4 nitrogen and oxygen atoms in total. The molecule has 1 aromatic carbocycles. The Morgan fingerprint density at radius 3 is 2.79 bits per heavy atom. The zero-order valence-electron chi connectivity index (χ0n) is 11.8. The monoisotopic (exact) mass is 261 g/mol. The maximum atomic E-state index is 12.2. The van der Waals surface area contributed by atoms with Gasteiger partial charge in [0.1, 0.15) is 6.04 Å². The van der Waals surface area contributed by atoms with Crippen molar-refractivity contribution in [1.29, 1.82) is 0 Å². The fraction of sp³-hybridized carbons (Fsp3) is 0.533. The highest BCUT2D eigenvalue weighted by molar-refractivity contribution is 5.85. The molecular weight excluding hydrogens is 238 g/mol. The van der Waals surface area contributed by atoms with E-state index < -0.39 is 0 Å². The van der Waals surface area contributed by atoms with Crippen LogP contribution in [0.5, 0.6) is 0 Å². The molecule has 104 valence electrons. The van der Waals surface area contributed by atoms with E-state index in [4.69, 9.17) is 0 Å². The number of nitrogens with zero attached hydrogens (tertiary/aromatic N) is 1. The molecule has 4 heteroatoms. The molecule has 19 heavy (non-hydrogen) atoms. The van der Waals surface area contributed by atoms with Gasteiger partial charge in [-0.25, -0.2) is 0 Å². The number of aryl methyl sites for hydroxylation is 1. The Kier molecular flexibility index (Phi) is 4.80. The summed E-state index contributed by atoms with van der Waals surface area (Å²) in [6, 6.07) is 8.36. The minimum atomic E-state index is -0.0716. The van der Waals surface area contributed by atoms with E-state index in [0.717, 1.165) is 38.2 Å².